The maximum atomic E-state index is 11.6. The van der Waals surface area contributed by atoms with Crippen LogP contribution in [0.4, 0.5) is 0 Å². The van der Waals surface area contributed by atoms with Crippen molar-refractivity contribution in [2.24, 2.45) is 5.84 Å². The van der Waals surface area contributed by atoms with Crippen molar-refractivity contribution in [3.63, 3.8) is 0 Å². The minimum Gasteiger partial charge on any atom is -0.464 e. The second-order valence-corrected chi connectivity index (χ2v) is 5.24. The van der Waals surface area contributed by atoms with Gasteiger partial charge in [-0.3, -0.25) is 15.1 Å². The molecule has 0 saturated carbocycles. The molecule has 0 aliphatic heterocycles. The zero-order valence-corrected chi connectivity index (χ0v) is 13.0. The lowest BCUT2D eigenvalue weighted by Crippen LogP contribution is -2.33. The molecule has 1 aromatic heterocycles. The zero-order chi connectivity index (χ0) is 15.1. The van der Waals surface area contributed by atoms with Gasteiger partial charge in [-0.1, -0.05) is 20.3 Å². The number of carbonyl (C=O) groups is 1. The van der Waals surface area contributed by atoms with E-state index < -0.39 is 0 Å². The summed E-state index contributed by atoms with van der Waals surface area (Å²) in [5.41, 5.74) is 2.66. The lowest BCUT2D eigenvalue weighted by molar-refractivity contribution is 0.0952. The highest BCUT2D eigenvalue weighted by atomic mass is 16.3. The number of unbranched alkanes of at least 4 members (excludes halogenated alkanes) is 1. The van der Waals surface area contributed by atoms with Gasteiger partial charge in [0.15, 0.2) is 0 Å². The Hall–Kier alpha value is -1.33. The Bertz CT molecular complexity index is 429. The molecule has 3 N–H and O–H groups in total. The van der Waals surface area contributed by atoms with E-state index in [-0.39, 0.29) is 5.91 Å². The van der Waals surface area contributed by atoms with Crippen LogP contribution in [0.25, 0.3) is 0 Å². The molecule has 0 fully saturated rings. The van der Waals surface area contributed by atoms with Crippen LogP contribution in [0.5, 0.6) is 0 Å². The summed E-state index contributed by atoms with van der Waals surface area (Å²) in [6, 6.07) is 2.29. The fourth-order valence-electron chi connectivity index (χ4n) is 2.20. The van der Waals surface area contributed by atoms with Crippen molar-refractivity contribution in [3.8, 4) is 0 Å². The molecular weight excluding hydrogens is 254 g/mol. The van der Waals surface area contributed by atoms with Crippen LogP contribution in [0.1, 0.15) is 61.9 Å². The first-order valence-corrected chi connectivity index (χ1v) is 7.37. The van der Waals surface area contributed by atoms with Gasteiger partial charge in [-0.15, -0.1) is 0 Å². The number of nitrogens with one attached hydrogen (secondary N) is 1. The number of hydrazine groups is 1. The lowest BCUT2D eigenvalue weighted by Gasteiger charge is -2.27. The maximum absolute atomic E-state index is 11.6. The van der Waals surface area contributed by atoms with Gasteiger partial charge < -0.3 is 4.42 Å². The summed E-state index contributed by atoms with van der Waals surface area (Å²) >= 11 is 0. The topological polar surface area (TPSA) is 71.5 Å². The average Bonchev–Trinajstić information content (AvgIpc) is 2.82. The van der Waals surface area contributed by atoms with Gasteiger partial charge in [0.2, 0.25) is 0 Å². The predicted octanol–water partition coefficient (Wildman–Crippen LogP) is 2.59. The number of amides is 1. The third kappa shape index (κ3) is 4.35. The van der Waals surface area contributed by atoms with E-state index in [1.54, 1.807) is 13.0 Å². The summed E-state index contributed by atoms with van der Waals surface area (Å²) in [4.78, 5) is 14.0. The number of furan rings is 1. The van der Waals surface area contributed by atoms with Crippen molar-refractivity contribution in [1.82, 2.24) is 10.3 Å². The number of nitrogens with zero attached hydrogens (tertiary/aromatic N) is 1. The highest BCUT2D eigenvalue weighted by Crippen LogP contribution is 2.18. The van der Waals surface area contributed by atoms with Crippen LogP contribution in [-0.4, -0.2) is 23.4 Å². The smallest absolute Gasteiger partial charge is 0.268 e. The minimum atomic E-state index is -0.304. The quantitative estimate of drug-likeness (QED) is 0.436. The van der Waals surface area contributed by atoms with Crippen LogP contribution in [0.3, 0.4) is 0 Å². The van der Waals surface area contributed by atoms with Crippen LogP contribution in [0, 0.1) is 6.92 Å². The summed E-state index contributed by atoms with van der Waals surface area (Å²) in [5.74, 6) is 6.29. The Morgan fingerprint density at radius 2 is 2.20 bits per heavy atom. The monoisotopic (exact) mass is 281 g/mol. The molecule has 1 atom stereocenters. The van der Waals surface area contributed by atoms with Crippen LogP contribution < -0.4 is 11.3 Å². The zero-order valence-electron chi connectivity index (χ0n) is 13.0. The van der Waals surface area contributed by atoms with Gasteiger partial charge >= 0.3 is 0 Å². The van der Waals surface area contributed by atoms with Gasteiger partial charge in [0.1, 0.15) is 11.5 Å². The normalized spacial score (nSPS) is 12.7. The molecule has 0 aliphatic rings. The summed E-state index contributed by atoms with van der Waals surface area (Å²) in [7, 11) is 0. The molecule has 20 heavy (non-hydrogen) atoms. The van der Waals surface area contributed by atoms with E-state index >= 15 is 0 Å². The molecule has 5 nitrogen and oxygen atoms in total. The number of carbonyl (C=O) groups excluding carboxylic acids is 1. The van der Waals surface area contributed by atoms with E-state index in [0.717, 1.165) is 25.3 Å². The van der Waals surface area contributed by atoms with Gasteiger partial charge in [-0.05, 0) is 39.3 Å². The van der Waals surface area contributed by atoms with E-state index in [4.69, 9.17) is 10.3 Å². The van der Waals surface area contributed by atoms with Crippen LogP contribution in [0.15, 0.2) is 10.5 Å². The van der Waals surface area contributed by atoms with Gasteiger partial charge in [0.05, 0.1) is 12.1 Å². The molecule has 0 aliphatic carbocycles. The van der Waals surface area contributed by atoms with Gasteiger partial charge in [0, 0.05) is 6.04 Å². The first-order chi connectivity index (χ1) is 9.53. The molecule has 1 aromatic rings. The maximum Gasteiger partial charge on any atom is 0.268 e. The Morgan fingerprint density at radius 3 is 2.75 bits per heavy atom. The number of hydrogen-bond acceptors (Lipinski definition) is 4. The van der Waals surface area contributed by atoms with Crippen LogP contribution in [-0.2, 0) is 6.54 Å². The summed E-state index contributed by atoms with van der Waals surface area (Å²) in [5, 5.41) is 0. The predicted molar refractivity (Wildman–Crippen MR) is 80.2 cm³/mol. The summed E-state index contributed by atoms with van der Waals surface area (Å²) in [6.07, 6.45) is 3.44. The number of rotatable bonds is 8. The Kier molecular flexibility index (Phi) is 6.75. The average molecular weight is 281 g/mol. The second-order valence-electron chi connectivity index (χ2n) is 5.24. The van der Waals surface area contributed by atoms with E-state index in [9.17, 15) is 4.79 Å². The third-order valence-electron chi connectivity index (χ3n) is 3.72. The molecule has 0 spiro atoms. The first-order valence-electron chi connectivity index (χ1n) is 7.37. The molecule has 5 heteroatoms. The summed E-state index contributed by atoms with van der Waals surface area (Å²) < 4.78 is 5.68. The number of aryl methyl sites for hydroxylation is 1. The molecule has 114 valence electrons. The largest absolute Gasteiger partial charge is 0.464 e. The molecule has 0 bridgehead atoms. The lowest BCUT2D eigenvalue weighted by atomic mass is 10.2. The molecule has 0 radical (unpaired) electrons. The van der Waals surface area contributed by atoms with Crippen molar-refractivity contribution >= 4 is 5.91 Å². The van der Waals surface area contributed by atoms with Crippen LogP contribution >= 0.6 is 0 Å². The molecule has 0 aromatic carbocycles. The van der Waals surface area contributed by atoms with E-state index in [0.29, 0.717) is 17.4 Å². The highest BCUT2D eigenvalue weighted by Gasteiger charge is 2.18. The first kappa shape index (κ1) is 16.7. The standard InChI is InChI=1S/C15H27N3O2/c1-5-7-8-18(11(3)6-2)10-13-9-14(12(4)20-13)15(19)17-16/h9,11H,5-8,10,16H2,1-4H3,(H,17,19). The molecule has 1 amide bonds. The van der Waals surface area contributed by atoms with Crippen molar-refractivity contribution < 1.29 is 9.21 Å². The van der Waals surface area contributed by atoms with Crippen molar-refractivity contribution in [1.29, 1.82) is 0 Å². The molecule has 1 heterocycles. The summed E-state index contributed by atoms with van der Waals surface area (Å²) in [6.45, 7) is 10.2. The van der Waals surface area contributed by atoms with Gasteiger partial charge in [-0.2, -0.15) is 0 Å². The Labute approximate surface area is 121 Å². The molecule has 1 unspecified atom stereocenters. The highest BCUT2D eigenvalue weighted by molar-refractivity contribution is 5.94. The van der Waals surface area contributed by atoms with E-state index in [2.05, 4.69) is 31.1 Å². The molecule has 0 saturated heterocycles. The fraction of sp³-hybridized carbons (Fsp3) is 0.667. The van der Waals surface area contributed by atoms with Gasteiger partial charge in [-0.25, -0.2) is 5.84 Å². The SMILES string of the molecule is CCCCN(Cc1cc(C(=O)NN)c(C)o1)C(C)CC. The third-order valence-corrected chi connectivity index (χ3v) is 3.72. The molecular formula is C15H27N3O2. The minimum absolute atomic E-state index is 0.304. The fourth-order valence-corrected chi connectivity index (χ4v) is 2.20. The Morgan fingerprint density at radius 1 is 1.50 bits per heavy atom. The van der Waals surface area contributed by atoms with Crippen molar-refractivity contribution in [2.75, 3.05) is 6.54 Å². The number of nitrogens with two attached hydrogens (primary N) is 1. The van der Waals surface area contributed by atoms with Crippen molar-refractivity contribution in [3.05, 3.63) is 23.2 Å². The number of hydrogen-bond donors (Lipinski definition) is 2. The van der Waals surface area contributed by atoms with Crippen molar-refractivity contribution in [2.45, 2.75) is 59.5 Å². The molecule has 1 rings (SSSR count). The number of nitrogen functional groups attached to an aromatic ring is 1. The Balaban J connectivity index is 2.80. The van der Waals surface area contributed by atoms with E-state index in [1.807, 2.05) is 0 Å². The van der Waals surface area contributed by atoms with E-state index in [1.165, 1.54) is 12.8 Å². The van der Waals surface area contributed by atoms with Gasteiger partial charge in [0.25, 0.3) is 5.91 Å². The second kappa shape index (κ2) is 8.07. The van der Waals surface area contributed by atoms with Crippen LogP contribution in [0.2, 0.25) is 0 Å².